The number of hydrazine groups is 1. The fourth-order valence-electron chi connectivity index (χ4n) is 1.97. The summed E-state index contributed by atoms with van der Waals surface area (Å²) in [6, 6.07) is 6.36. The molecule has 2 aromatic rings. The van der Waals surface area contributed by atoms with Gasteiger partial charge in [-0.25, -0.2) is 9.82 Å². The van der Waals surface area contributed by atoms with Crippen LogP contribution in [0.15, 0.2) is 41.1 Å². The first kappa shape index (κ1) is 15.9. The second-order valence-electron chi connectivity index (χ2n) is 4.58. The quantitative estimate of drug-likeness (QED) is 0.617. The molecule has 0 amide bonds. The van der Waals surface area contributed by atoms with Gasteiger partial charge in [0, 0.05) is 6.20 Å². The topological polar surface area (TPSA) is 60.2 Å². The summed E-state index contributed by atoms with van der Waals surface area (Å²) in [7, 11) is 0. The molecule has 112 valence electrons. The van der Waals surface area contributed by atoms with E-state index in [-0.39, 0.29) is 11.9 Å². The first-order valence-electron chi connectivity index (χ1n) is 6.64. The summed E-state index contributed by atoms with van der Waals surface area (Å²) in [5, 5.41) is 0. The molecule has 0 fully saturated rings. The Balaban J connectivity index is 2.30. The van der Waals surface area contributed by atoms with Crippen molar-refractivity contribution in [1.29, 1.82) is 0 Å². The van der Waals surface area contributed by atoms with Gasteiger partial charge in [-0.3, -0.25) is 10.8 Å². The molecular weight excluding hydrogens is 337 g/mol. The van der Waals surface area contributed by atoms with Gasteiger partial charge < -0.3 is 4.74 Å². The molecule has 0 aliphatic rings. The van der Waals surface area contributed by atoms with Gasteiger partial charge in [-0.1, -0.05) is 13.0 Å². The van der Waals surface area contributed by atoms with E-state index in [1.807, 2.05) is 13.0 Å². The number of hydrogen-bond acceptors (Lipinski definition) is 4. The number of aromatic nitrogens is 1. The first-order chi connectivity index (χ1) is 10.2. The van der Waals surface area contributed by atoms with E-state index in [0.29, 0.717) is 16.8 Å². The molecular formula is C15H17BrFN3O. The van der Waals surface area contributed by atoms with E-state index in [0.717, 1.165) is 17.5 Å². The molecule has 0 bridgehead atoms. The largest absolute Gasteiger partial charge is 0.492 e. The highest BCUT2D eigenvalue weighted by molar-refractivity contribution is 9.10. The van der Waals surface area contributed by atoms with Crippen molar-refractivity contribution in [1.82, 2.24) is 10.4 Å². The summed E-state index contributed by atoms with van der Waals surface area (Å²) < 4.78 is 19.3. The van der Waals surface area contributed by atoms with E-state index in [1.165, 1.54) is 6.07 Å². The average Bonchev–Trinajstić information content (AvgIpc) is 2.50. The van der Waals surface area contributed by atoms with Gasteiger partial charge in [0.15, 0.2) is 0 Å². The van der Waals surface area contributed by atoms with Crippen molar-refractivity contribution in [2.45, 2.75) is 19.4 Å². The van der Waals surface area contributed by atoms with Gasteiger partial charge in [0.25, 0.3) is 0 Å². The van der Waals surface area contributed by atoms with Gasteiger partial charge >= 0.3 is 0 Å². The zero-order valence-electron chi connectivity index (χ0n) is 11.6. The van der Waals surface area contributed by atoms with E-state index in [4.69, 9.17) is 10.6 Å². The number of nitrogens with one attached hydrogen (secondary N) is 1. The number of halogens is 2. The molecule has 0 spiro atoms. The van der Waals surface area contributed by atoms with Crippen LogP contribution in [0.25, 0.3) is 0 Å². The Morgan fingerprint density at radius 1 is 1.33 bits per heavy atom. The SMILES string of the molecule is CCCOc1cncc(C(NN)c2ccc(F)c(Br)c2)c1. The Labute approximate surface area is 131 Å². The third kappa shape index (κ3) is 4.00. The van der Waals surface area contributed by atoms with Crippen molar-refractivity contribution in [3.8, 4) is 5.75 Å². The van der Waals surface area contributed by atoms with Crippen LogP contribution in [0.2, 0.25) is 0 Å². The fraction of sp³-hybridized carbons (Fsp3) is 0.267. The molecule has 1 aromatic carbocycles. The number of nitrogens with zero attached hydrogens (tertiary/aromatic N) is 1. The molecule has 0 aliphatic carbocycles. The summed E-state index contributed by atoms with van der Waals surface area (Å²) in [6.07, 6.45) is 4.29. The number of rotatable bonds is 6. The molecule has 0 aliphatic heterocycles. The second kappa shape index (κ2) is 7.49. The number of pyridine rings is 1. The third-order valence-corrected chi connectivity index (χ3v) is 3.59. The molecule has 3 N–H and O–H groups in total. The monoisotopic (exact) mass is 353 g/mol. The zero-order valence-corrected chi connectivity index (χ0v) is 13.2. The Morgan fingerprint density at radius 3 is 2.81 bits per heavy atom. The second-order valence-corrected chi connectivity index (χ2v) is 5.43. The molecule has 1 atom stereocenters. The smallest absolute Gasteiger partial charge is 0.137 e. The fourth-order valence-corrected chi connectivity index (χ4v) is 2.37. The van der Waals surface area contributed by atoms with E-state index in [1.54, 1.807) is 24.5 Å². The van der Waals surface area contributed by atoms with Crippen molar-refractivity contribution in [3.63, 3.8) is 0 Å². The van der Waals surface area contributed by atoms with E-state index in [9.17, 15) is 4.39 Å². The van der Waals surface area contributed by atoms with Crippen LogP contribution in [-0.4, -0.2) is 11.6 Å². The minimum absolute atomic E-state index is 0.292. The molecule has 0 saturated heterocycles. The Kier molecular flexibility index (Phi) is 5.67. The lowest BCUT2D eigenvalue weighted by molar-refractivity contribution is 0.315. The van der Waals surface area contributed by atoms with Crippen LogP contribution in [0, 0.1) is 5.82 Å². The molecule has 21 heavy (non-hydrogen) atoms. The first-order valence-corrected chi connectivity index (χ1v) is 7.43. The number of nitrogens with two attached hydrogens (primary N) is 1. The lowest BCUT2D eigenvalue weighted by atomic mass is 10.0. The van der Waals surface area contributed by atoms with Gasteiger partial charge in [-0.05, 0) is 51.7 Å². The van der Waals surface area contributed by atoms with Crippen molar-refractivity contribution in [3.05, 3.63) is 58.1 Å². The maximum Gasteiger partial charge on any atom is 0.137 e. The van der Waals surface area contributed by atoms with Gasteiger partial charge in [-0.2, -0.15) is 0 Å². The summed E-state index contributed by atoms with van der Waals surface area (Å²) >= 11 is 3.18. The molecule has 4 nitrogen and oxygen atoms in total. The Bertz CT molecular complexity index is 609. The highest BCUT2D eigenvalue weighted by Crippen LogP contribution is 2.27. The maximum atomic E-state index is 13.3. The minimum Gasteiger partial charge on any atom is -0.492 e. The van der Waals surface area contributed by atoms with Crippen LogP contribution in [0.5, 0.6) is 5.75 Å². The van der Waals surface area contributed by atoms with Gasteiger partial charge in [0.05, 0.1) is 23.3 Å². The predicted octanol–water partition coefficient (Wildman–Crippen LogP) is 3.32. The molecule has 2 rings (SSSR count). The van der Waals surface area contributed by atoms with Crippen LogP contribution < -0.4 is 16.0 Å². The van der Waals surface area contributed by atoms with Crippen LogP contribution in [-0.2, 0) is 0 Å². The van der Waals surface area contributed by atoms with Crippen molar-refractivity contribution in [2.24, 2.45) is 5.84 Å². The third-order valence-electron chi connectivity index (χ3n) is 2.98. The lowest BCUT2D eigenvalue weighted by Crippen LogP contribution is -2.29. The predicted molar refractivity (Wildman–Crippen MR) is 83.3 cm³/mol. The van der Waals surface area contributed by atoms with Crippen LogP contribution in [0.3, 0.4) is 0 Å². The van der Waals surface area contributed by atoms with E-state index >= 15 is 0 Å². The average molecular weight is 354 g/mol. The standard InChI is InChI=1S/C15H17BrFN3O/c1-2-5-21-12-6-11(8-19-9-12)15(20-18)10-3-4-14(17)13(16)7-10/h3-4,6-9,15,20H,2,5,18H2,1H3. The summed E-state index contributed by atoms with van der Waals surface area (Å²) in [5.41, 5.74) is 4.41. The molecule has 1 heterocycles. The summed E-state index contributed by atoms with van der Waals surface area (Å²) in [4.78, 5) is 4.17. The Hall–Kier alpha value is -1.50. The number of hydrogen-bond donors (Lipinski definition) is 2. The van der Waals surface area contributed by atoms with Crippen molar-refractivity contribution >= 4 is 15.9 Å². The maximum absolute atomic E-state index is 13.3. The lowest BCUT2D eigenvalue weighted by Gasteiger charge is -2.18. The zero-order chi connectivity index (χ0) is 15.2. The highest BCUT2D eigenvalue weighted by atomic mass is 79.9. The minimum atomic E-state index is -0.312. The number of benzene rings is 1. The van der Waals surface area contributed by atoms with Crippen molar-refractivity contribution < 1.29 is 9.13 Å². The summed E-state index contributed by atoms with van der Waals surface area (Å²) in [5.74, 6) is 6.03. The molecule has 1 unspecified atom stereocenters. The van der Waals surface area contributed by atoms with Crippen LogP contribution in [0.1, 0.15) is 30.5 Å². The van der Waals surface area contributed by atoms with Gasteiger partial charge in [-0.15, -0.1) is 0 Å². The van der Waals surface area contributed by atoms with Crippen molar-refractivity contribution in [2.75, 3.05) is 6.61 Å². The highest BCUT2D eigenvalue weighted by Gasteiger charge is 2.15. The van der Waals surface area contributed by atoms with Gasteiger partial charge in [0.1, 0.15) is 11.6 Å². The summed E-state index contributed by atoms with van der Waals surface area (Å²) in [6.45, 7) is 2.67. The van der Waals surface area contributed by atoms with E-state index in [2.05, 4.69) is 26.3 Å². The molecule has 0 saturated carbocycles. The molecule has 1 aromatic heterocycles. The van der Waals surface area contributed by atoms with Gasteiger partial charge in [0.2, 0.25) is 0 Å². The van der Waals surface area contributed by atoms with E-state index < -0.39 is 0 Å². The van der Waals surface area contributed by atoms with Crippen LogP contribution >= 0.6 is 15.9 Å². The molecule has 0 radical (unpaired) electrons. The normalized spacial score (nSPS) is 12.2. The number of ether oxygens (including phenoxy) is 1. The van der Waals surface area contributed by atoms with Crippen LogP contribution in [0.4, 0.5) is 4.39 Å². The Morgan fingerprint density at radius 2 is 2.14 bits per heavy atom. The molecule has 6 heteroatoms.